The molecule has 1 heterocycles. The molecule has 0 aliphatic carbocycles. The van der Waals surface area contributed by atoms with Crippen LogP contribution in [0.5, 0.6) is 0 Å². The highest BCUT2D eigenvalue weighted by Gasteiger charge is 2.50. The Morgan fingerprint density at radius 3 is 2.18 bits per heavy atom. The van der Waals surface area contributed by atoms with Gasteiger partial charge in [0.2, 0.25) is 5.91 Å². The van der Waals surface area contributed by atoms with Gasteiger partial charge in [0, 0.05) is 0 Å². The zero-order valence-electron chi connectivity index (χ0n) is 15.1. The molecule has 0 saturated carbocycles. The maximum Gasteiger partial charge on any atom is 0.228 e. The normalized spacial score (nSPS) is 25.4. The van der Waals surface area contributed by atoms with Crippen molar-refractivity contribution in [2.45, 2.75) is 82.3 Å². The van der Waals surface area contributed by atoms with E-state index in [2.05, 4.69) is 53.0 Å². The van der Waals surface area contributed by atoms with Crippen LogP contribution in [0, 0.1) is 5.92 Å². The van der Waals surface area contributed by atoms with E-state index in [1.807, 2.05) is 6.92 Å². The number of β-lactam (4-membered cyclic amide) rings is 1. The van der Waals surface area contributed by atoms with Crippen LogP contribution in [0.2, 0.25) is 18.1 Å². The van der Waals surface area contributed by atoms with Crippen LogP contribution >= 0.6 is 11.8 Å². The van der Waals surface area contributed by atoms with Crippen molar-refractivity contribution in [3.8, 4) is 0 Å². The second-order valence-electron chi connectivity index (χ2n) is 7.93. The highest BCUT2D eigenvalue weighted by molar-refractivity contribution is 8.01. The SMILES string of the molecule is CC(C)SC(C=O)[C@@H]1NC(=O)[C@@H]1[C@@H](C)O[Si](C)(C)C(C)(C)C. The number of carbonyl (C=O) groups is 2. The molecule has 1 unspecified atom stereocenters. The molecular formula is C16H31NO3SSi. The first-order valence-corrected chi connectivity index (χ1v) is 11.8. The van der Waals surface area contributed by atoms with Crippen molar-refractivity contribution in [3.05, 3.63) is 0 Å². The highest BCUT2D eigenvalue weighted by atomic mass is 32.2. The van der Waals surface area contributed by atoms with Gasteiger partial charge in [0.05, 0.1) is 23.3 Å². The van der Waals surface area contributed by atoms with Gasteiger partial charge in [0.1, 0.15) is 6.29 Å². The van der Waals surface area contributed by atoms with Gasteiger partial charge in [0.25, 0.3) is 0 Å². The Labute approximate surface area is 140 Å². The van der Waals surface area contributed by atoms with Gasteiger partial charge < -0.3 is 14.5 Å². The smallest absolute Gasteiger partial charge is 0.228 e. The third-order valence-corrected chi connectivity index (χ3v) is 10.5. The number of rotatable bonds is 7. The van der Waals surface area contributed by atoms with Gasteiger partial charge in [0.15, 0.2) is 8.32 Å². The first-order chi connectivity index (χ1) is 9.90. The molecule has 1 rings (SSSR count). The molecule has 4 atom stereocenters. The van der Waals surface area contributed by atoms with Crippen LogP contribution < -0.4 is 5.32 Å². The molecule has 22 heavy (non-hydrogen) atoms. The molecule has 1 fully saturated rings. The van der Waals surface area contributed by atoms with E-state index in [4.69, 9.17) is 4.43 Å². The summed E-state index contributed by atoms with van der Waals surface area (Å²) in [5, 5.41) is 3.15. The summed E-state index contributed by atoms with van der Waals surface area (Å²) in [5.41, 5.74) is 0. The van der Waals surface area contributed by atoms with E-state index >= 15 is 0 Å². The van der Waals surface area contributed by atoms with Crippen LogP contribution in [-0.4, -0.2) is 43.2 Å². The molecule has 1 amide bonds. The molecule has 4 nitrogen and oxygen atoms in total. The summed E-state index contributed by atoms with van der Waals surface area (Å²) in [6, 6.07) is -0.114. The van der Waals surface area contributed by atoms with Crippen LogP contribution in [0.25, 0.3) is 0 Å². The zero-order chi connectivity index (χ0) is 17.3. The average molecular weight is 346 g/mol. The minimum absolute atomic E-state index is 0.00687. The third-order valence-electron chi connectivity index (χ3n) is 4.71. The quantitative estimate of drug-likeness (QED) is 0.437. The first kappa shape index (κ1) is 19.7. The lowest BCUT2D eigenvalue weighted by atomic mass is 9.84. The van der Waals surface area contributed by atoms with Crippen LogP contribution in [-0.2, 0) is 14.0 Å². The molecule has 0 bridgehead atoms. The largest absolute Gasteiger partial charge is 0.413 e. The zero-order valence-corrected chi connectivity index (χ0v) is 16.9. The van der Waals surface area contributed by atoms with Gasteiger partial charge in [-0.1, -0.05) is 34.6 Å². The second-order valence-corrected chi connectivity index (χ2v) is 14.4. The number of carbonyl (C=O) groups excluding carboxylic acids is 2. The molecule has 1 aliphatic heterocycles. The van der Waals surface area contributed by atoms with Gasteiger partial charge in [-0.2, -0.15) is 0 Å². The summed E-state index contributed by atoms with van der Waals surface area (Å²) in [6.45, 7) is 17.0. The van der Waals surface area contributed by atoms with Crippen molar-refractivity contribution in [2.24, 2.45) is 5.92 Å². The Kier molecular flexibility index (Phi) is 6.32. The van der Waals surface area contributed by atoms with E-state index in [1.54, 1.807) is 11.8 Å². The summed E-state index contributed by atoms with van der Waals surface area (Å²) in [7, 11) is -1.92. The van der Waals surface area contributed by atoms with Crippen molar-refractivity contribution in [1.29, 1.82) is 0 Å². The fraction of sp³-hybridized carbons (Fsp3) is 0.875. The van der Waals surface area contributed by atoms with Gasteiger partial charge in [-0.25, -0.2) is 0 Å². The van der Waals surface area contributed by atoms with E-state index in [9.17, 15) is 9.59 Å². The van der Waals surface area contributed by atoms with Crippen molar-refractivity contribution in [3.63, 3.8) is 0 Å². The van der Waals surface area contributed by atoms with Crippen molar-refractivity contribution >= 4 is 32.3 Å². The molecule has 1 N–H and O–H groups in total. The topological polar surface area (TPSA) is 55.4 Å². The van der Waals surface area contributed by atoms with Crippen molar-refractivity contribution < 1.29 is 14.0 Å². The third kappa shape index (κ3) is 4.36. The van der Waals surface area contributed by atoms with Gasteiger partial charge in [-0.05, 0) is 30.3 Å². The number of hydrogen-bond acceptors (Lipinski definition) is 4. The molecule has 1 saturated heterocycles. The lowest BCUT2D eigenvalue weighted by Gasteiger charge is -2.46. The number of hydrogen-bond donors (Lipinski definition) is 1. The van der Waals surface area contributed by atoms with Crippen LogP contribution in [0.15, 0.2) is 0 Å². The molecule has 128 valence electrons. The summed E-state index contributed by atoms with van der Waals surface area (Å²) in [6.07, 6.45) is 0.802. The van der Waals surface area contributed by atoms with E-state index in [0.717, 1.165) is 6.29 Å². The van der Waals surface area contributed by atoms with E-state index in [-0.39, 0.29) is 34.3 Å². The lowest BCUT2D eigenvalue weighted by Crippen LogP contribution is -2.67. The van der Waals surface area contributed by atoms with E-state index < -0.39 is 8.32 Å². The predicted octanol–water partition coefficient (Wildman–Crippen LogP) is 3.22. The van der Waals surface area contributed by atoms with Crippen molar-refractivity contribution in [1.82, 2.24) is 5.32 Å². The fourth-order valence-electron chi connectivity index (χ4n) is 2.44. The van der Waals surface area contributed by atoms with Crippen molar-refractivity contribution in [2.75, 3.05) is 0 Å². The molecule has 6 heteroatoms. The minimum atomic E-state index is -1.92. The molecule has 0 spiro atoms. The Morgan fingerprint density at radius 1 is 1.27 bits per heavy atom. The van der Waals surface area contributed by atoms with Crippen LogP contribution in [0.4, 0.5) is 0 Å². The highest BCUT2D eigenvalue weighted by Crippen LogP contribution is 2.39. The Hall–Kier alpha value is -0.333. The number of nitrogens with one attached hydrogen (secondary N) is 1. The summed E-state index contributed by atoms with van der Waals surface area (Å²) in [4.78, 5) is 23.4. The van der Waals surface area contributed by atoms with E-state index in [1.165, 1.54) is 0 Å². The first-order valence-electron chi connectivity index (χ1n) is 7.99. The van der Waals surface area contributed by atoms with Gasteiger partial charge in [-0.15, -0.1) is 11.8 Å². The minimum Gasteiger partial charge on any atom is -0.413 e. The van der Waals surface area contributed by atoms with Crippen LogP contribution in [0.1, 0.15) is 41.5 Å². The lowest BCUT2D eigenvalue weighted by molar-refractivity contribution is -0.140. The number of thioether (sulfide) groups is 1. The second kappa shape index (κ2) is 7.05. The maximum absolute atomic E-state index is 12.0. The number of aldehydes is 1. The van der Waals surface area contributed by atoms with Gasteiger partial charge >= 0.3 is 0 Å². The average Bonchev–Trinajstić information content (AvgIpc) is 2.30. The van der Waals surface area contributed by atoms with Crippen LogP contribution in [0.3, 0.4) is 0 Å². The Balaban J connectivity index is 2.80. The molecule has 0 aromatic carbocycles. The number of amides is 1. The Bertz CT molecular complexity index is 420. The molecule has 0 radical (unpaired) electrons. The fourth-order valence-corrected chi connectivity index (χ4v) is 4.97. The Morgan fingerprint density at radius 2 is 1.82 bits per heavy atom. The monoisotopic (exact) mass is 345 g/mol. The molecule has 0 aromatic heterocycles. The predicted molar refractivity (Wildman–Crippen MR) is 95.7 cm³/mol. The molecular weight excluding hydrogens is 314 g/mol. The molecule has 1 aliphatic rings. The van der Waals surface area contributed by atoms with Gasteiger partial charge in [-0.3, -0.25) is 4.79 Å². The summed E-state index contributed by atoms with van der Waals surface area (Å²) >= 11 is 1.60. The maximum atomic E-state index is 12.0. The summed E-state index contributed by atoms with van der Waals surface area (Å²) in [5.74, 6) is -0.219. The standard InChI is InChI=1S/C16H31NO3SSi/c1-10(2)21-12(9-18)14-13(15(19)17-14)11(3)20-22(7,8)16(4,5)6/h9-14H,1-8H3,(H,17,19)/t11-,12?,13-,14+/m1/s1. The summed E-state index contributed by atoms with van der Waals surface area (Å²) < 4.78 is 6.36. The molecule has 0 aromatic rings. The van der Waals surface area contributed by atoms with E-state index in [0.29, 0.717) is 5.25 Å².